The fourth-order valence-corrected chi connectivity index (χ4v) is 3.79. The number of rotatable bonds is 12. The number of benzene rings is 1. The summed E-state index contributed by atoms with van der Waals surface area (Å²) in [5.74, 6) is 0.659. The molecule has 32 heavy (non-hydrogen) atoms. The standard InChI is InChI=1S/C22H33Cl2N5O3/c1-5-32-22(31)17(27-21(30)20(25)14(2)3)13-19-26-16-12-15(6-7-18(16)28(19)4)29(10-8-23)11-9-24/h6-7,12,14,17,20H,5,8-11,13,25H2,1-4H3,(H,27,30). The Morgan fingerprint density at radius 1 is 1.25 bits per heavy atom. The predicted octanol–water partition coefficient (Wildman–Crippen LogP) is 2.43. The Kier molecular flexibility index (Phi) is 10.1. The van der Waals surface area contributed by atoms with Crippen LogP contribution < -0.4 is 16.0 Å². The van der Waals surface area contributed by atoms with E-state index in [-0.39, 0.29) is 18.9 Å². The van der Waals surface area contributed by atoms with Gasteiger partial charge in [0.05, 0.1) is 23.7 Å². The lowest BCUT2D eigenvalue weighted by atomic mass is 10.0. The van der Waals surface area contributed by atoms with Crippen molar-refractivity contribution in [1.29, 1.82) is 0 Å². The van der Waals surface area contributed by atoms with Gasteiger partial charge in [0, 0.05) is 44.0 Å². The van der Waals surface area contributed by atoms with Gasteiger partial charge < -0.3 is 25.3 Å². The molecule has 0 radical (unpaired) electrons. The third kappa shape index (κ3) is 6.49. The molecule has 2 aromatic rings. The van der Waals surface area contributed by atoms with E-state index < -0.39 is 24.0 Å². The topological polar surface area (TPSA) is 102 Å². The molecule has 3 N–H and O–H groups in total. The van der Waals surface area contributed by atoms with E-state index >= 15 is 0 Å². The van der Waals surface area contributed by atoms with E-state index in [1.807, 2.05) is 43.7 Å². The molecule has 0 fully saturated rings. The molecule has 0 aliphatic rings. The normalized spacial score (nSPS) is 13.2. The van der Waals surface area contributed by atoms with E-state index in [9.17, 15) is 9.59 Å². The van der Waals surface area contributed by atoms with Crippen LogP contribution in [0.4, 0.5) is 5.69 Å². The fraction of sp³-hybridized carbons (Fsp3) is 0.591. The van der Waals surface area contributed by atoms with Crippen LogP contribution in [0.15, 0.2) is 18.2 Å². The highest BCUT2D eigenvalue weighted by atomic mass is 35.5. The molecule has 1 aromatic carbocycles. The zero-order chi connectivity index (χ0) is 23.8. The van der Waals surface area contributed by atoms with Crippen molar-refractivity contribution < 1.29 is 14.3 Å². The maximum atomic E-state index is 12.5. The van der Waals surface area contributed by atoms with Crippen molar-refractivity contribution in [3.63, 3.8) is 0 Å². The third-order valence-corrected chi connectivity index (χ3v) is 5.66. The first-order valence-electron chi connectivity index (χ1n) is 10.8. The smallest absolute Gasteiger partial charge is 0.329 e. The van der Waals surface area contributed by atoms with Crippen LogP contribution in [0.1, 0.15) is 26.6 Å². The maximum Gasteiger partial charge on any atom is 0.329 e. The van der Waals surface area contributed by atoms with E-state index in [4.69, 9.17) is 38.7 Å². The first kappa shape index (κ1) is 26.2. The summed E-state index contributed by atoms with van der Waals surface area (Å²) in [6.45, 7) is 6.99. The van der Waals surface area contributed by atoms with Crippen molar-refractivity contribution in [2.75, 3.05) is 36.4 Å². The van der Waals surface area contributed by atoms with Crippen molar-refractivity contribution in [1.82, 2.24) is 14.9 Å². The fourth-order valence-electron chi connectivity index (χ4n) is 3.38. The number of halogens is 2. The Bertz CT molecular complexity index is 912. The first-order valence-corrected chi connectivity index (χ1v) is 11.8. The van der Waals surface area contributed by atoms with Crippen molar-refractivity contribution in [2.24, 2.45) is 18.7 Å². The van der Waals surface area contributed by atoms with Crippen LogP contribution in [0.2, 0.25) is 0 Å². The van der Waals surface area contributed by atoms with Crippen molar-refractivity contribution in [3.8, 4) is 0 Å². The van der Waals surface area contributed by atoms with E-state index in [0.717, 1.165) is 16.7 Å². The van der Waals surface area contributed by atoms with Gasteiger partial charge in [0.15, 0.2) is 0 Å². The molecule has 1 aromatic heterocycles. The molecule has 0 aliphatic heterocycles. The van der Waals surface area contributed by atoms with Gasteiger partial charge in [-0.15, -0.1) is 23.2 Å². The average Bonchev–Trinajstić information content (AvgIpc) is 3.07. The molecule has 0 aliphatic carbocycles. The monoisotopic (exact) mass is 485 g/mol. The number of nitrogens with one attached hydrogen (secondary N) is 1. The van der Waals surface area contributed by atoms with Crippen LogP contribution in [0.5, 0.6) is 0 Å². The number of carbonyl (C=O) groups is 2. The number of fused-ring (bicyclic) bond motifs is 1. The van der Waals surface area contributed by atoms with Gasteiger partial charge in [-0.1, -0.05) is 13.8 Å². The molecular formula is C22H33Cl2N5O3. The summed E-state index contributed by atoms with van der Waals surface area (Å²) in [5, 5.41) is 2.74. The molecule has 0 spiro atoms. The highest BCUT2D eigenvalue weighted by Gasteiger charge is 2.28. The van der Waals surface area contributed by atoms with Gasteiger partial charge in [0.1, 0.15) is 11.9 Å². The molecule has 1 heterocycles. The molecule has 10 heteroatoms. The van der Waals surface area contributed by atoms with Gasteiger partial charge in [-0.25, -0.2) is 9.78 Å². The van der Waals surface area contributed by atoms with Crippen LogP contribution in [0, 0.1) is 5.92 Å². The van der Waals surface area contributed by atoms with Gasteiger partial charge in [-0.05, 0) is 31.0 Å². The lowest BCUT2D eigenvalue weighted by Gasteiger charge is -2.22. The number of hydrogen-bond donors (Lipinski definition) is 2. The Morgan fingerprint density at radius 2 is 1.91 bits per heavy atom. The minimum atomic E-state index is -0.883. The highest BCUT2D eigenvalue weighted by molar-refractivity contribution is 6.18. The number of alkyl halides is 2. The van der Waals surface area contributed by atoms with E-state index in [0.29, 0.717) is 30.7 Å². The number of anilines is 1. The zero-order valence-corrected chi connectivity index (χ0v) is 20.6. The maximum absolute atomic E-state index is 12.5. The summed E-state index contributed by atoms with van der Waals surface area (Å²) in [6, 6.07) is 4.35. The van der Waals surface area contributed by atoms with Crippen molar-refractivity contribution >= 4 is 51.8 Å². The Hall–Kier alpha value is -2.03. The second kappa shape index (κ2) is 12.3. The first-order chi connectivity index (χ1) is 15.2. The Labute approximate surface area is 199 Å². The number of hydrogen-bond acceptors (Lipinski definition) is 6. The molecule has 0 saturated heterocycles. The Morgan fingerprint density at radius 3 is 2.47 bits per heavy atom. The number of esters is 1. The van der Waals surface area contributed by atoms with Crippen LogP contribution in [0.25, 0.3) is 11.0 Å². The number of amides is 1. The summed E-state index contributed by atoms with van der Waals surface area (Å²) in [6.07, 6.45) is 0.184. The average molecular weight is 486 g/mol. The molecule has 0 saturated carbocycles. The number of imidazole rings is 1. The van der Waals surface area contributed by atoms with Gasteiger partial charge in [0.25, 0.3) is 0 Å². The summed E-state index contributed by atoms with van der Waals surface area (Å²) in [7, 11) is 1.88. The quantitative estimate of drug-likeness (QED) is 0.353. The lowest BCUT2D eigenvalue weighted by molar-refractivity contribution is -0.147. The minimum absolute atomic E-state index is 0.0593. The second-order valence-electron chi connectivity index (χ2n) is 7.91. The Balaban J connectivity index is 2.32. The SMILES string of the molecule is CCOC(=O)C(Cc1nc2cc(N(CCCl)CCCl)ccc2n1C)NC(=O)C(N)C(C)C. The molecule has 8 nitrogen and oxygen atoms in total. The van der Waals surface area contributed by atoms with E-state index in [2.05, 4.69) is 10.2 Å². The highest BCUT2D eigenvalue weighted by Crippen LogP contribution is 2.23. The van der Waals surface area contributed by atoms with Crippen LogP contribution in [0.3, 0.4) is 0 Å². The number of aryl methyl sites for hydroxylation is 1. The van der Waals surface area contributed by atoms with Gasteiger partial charge in [0.2, 0.25) is 5.91 Å². The summed E-state index contributed by atoms with van der Waals surface area (Å²) in [5.41, 5.74) is 8.62. The van der Waals surface area contributed by atoms with Crippen LogP contribution >= 0.6 is 23.2 Å². The molecule has 1 amide bonds. The van der Waals surface area contributed by atoms with Crippen molar-refractivity contribution in [3.05, 3.63) is 24.0 Å². The number of carbonyl (C=O) groups excluding carboxylic acids is 2. The number of ether oxygens (including phenoxy) is 1. The molecule has 2 rings (SSSR count). The van der Waals surface area contributed by atoms with Gasteiger partial charge >= 0.3 is 5.97 Å². The summed E-state index contributed by atoms with van der Waals surface area (Å²) in [4.78, 5) is 31.9. The number of nitrogens with two attached hydrogens (primary N) is 1. The third-order valence-electron chi connectivity index (χ3n) is 5.33. The minimum Gasteiger partial charge on any atom is -0.464 e. The number of aromatic nitrogens is 2. The van der Waals surface area contributed by atoms with E-state index in [1.165, 1.54) is 0 Å². The molecule has 2 atom stereocenters. The molecule has 0 bridgehead atoms. The van der Waals surface area contributed by atoms with E-state index in [1.54, 1.807) is 6.92 Å². The lowest BCUT2D eigenvalue weighted by Crippen LogP contribution is -2.51. The van der Waals surface area contributed by atoms with Gasteiger partial charge in [-0.3, -0.25) is 4.79 Å². The van der Waals surface area contributed by atoms with Crippen LogP contribution in [-0.2, 0) is 27.8 Å². The van der Waals surface area contributed by atoms with Gasteiger partial charge in [-0.2, -0.15) is 0 Å². The second-order valence-corrected chi connectivity index (χ2v) is 8.67. The van der Waals surface area contributed by atoms with Crippen molar-refractivity contribution in [2.45, 2.75) is 39.3 Å². The zero-order valence-electron chi connectivity index (χ0n) is 19.1. The molecular weight excluding hydrogens is 453 g/mol. The van der Waals surface area contributed by atoms with Crippen LogP contribution in [-0.4, -0.2) is 65.0 Å². The largest absolute Gasteiger partial charge is 0.464 e. The summed E-state index contributed by atoms with van der Waals surface area (Å²) < 4.78 is 7.08. The summed E-state index contributed by atoms with van der Waals surface area (Å²) >= 11 is 11.9. The predicted molar refractivity (Wildman–Crippen MR) is 129 cm³/mol. The molecule has 178 valence electrons. The number of nitrogens with zero attached hydrogens (tertiary/aromatic N) is 3. The molecule has 2 unspecified atom stereocenters.